The molecule has 1 saturated heterocycles. The first-order chi connectivity index (χ1) is 10.1. The third kappa shape index (κ3) is 2.98. The molecule has 1 aromatic carbocycles. The minimum Gasteiger partial charge on any atom is -0.354 e. The van der Waals surface area contributed by atoms with E-state index < -0.39 is 0 Å². The molecule has 3 unspecified atom stereocenters. The van der Waals surface area contributed by atoms with E-state index in [1.165, 1.54) is 24.8 Å². The average Bonchev–Trinajstić information content (AvgIpc) is 3.08. The zero-order valence-corrected chi connectivity index (χ0v) is 13.1. The van der Waals surface area contributed by atoms with Gasteiger partial charge in [0.1, 0.15) is 0 Å². The number of amides is 1. The van der Waals surface area contributed by atoms with Gasteiger partial charge >= 0.3 is 0 Å². The first kappa shape index (κ1) is 14.6. The molecule has 1 saturated carbocycles. The standard InChI is InChI=1S/C18H26N2O/c1-18(2,14-8-4-3-5-9-14)12-20-17(21)16-15-10-6-7-13(15)11-19-16/h3-5,8-9,13,15-16,19H,6-7,10-12H2,1-2H3,(H,20,21). The normalized spacial score (nSPS) is 28.4. The van der Waals surface area contributed by atoms with Crippen molar-refractivity contribution in [2.24, 2.45) is 11.8 Å². The summed E-state index contributed by atoms with van der Waals surface area (Å²) < 4.78 is 0. The Morgan fingerprint density at radius 2 is 2.05 bits per heavy atom. The fourth-order valence-electron chi connectivity index (χ4n) is 3.88. The Bertz CT molecular complexity index is 497. The van der Waals surface area contributed by atoms with Crippen LogP contribution in [0.3, 0.4) is 0 Å². The summed E-state index contributed by atoms with van der Waals surface area (Å²) in [6.07, 6.45) is 3.78. The topological polar surface area (TPSA) is 41.1 Å². The van der Waals surface area contributed by atoms with Crippen LogP contribution in [0.5, 0.6) is 0 Å². The summed E-state index contributed by atoms with van der Waals surface area (Å²) in [5.74, 6) is 1.47. The van der Waals surface area contributed by atoms with Crippen molar-refractivity contribution in [3.05, 3.63) is 35.9 Å². The lowest BCUT2D eigenvalue weighted by atomic mass is 9.84. The Morgan fingerprint density at radius 1 is 1.29 bits per heavy atom. The van der Waals surface area contributed by atoms with Crippen LogP contribution in [-0.2, 0) is 10.2 Å². The quantitative estimate of drug-likeness (QED) is 0.893. The molecule has 0 radical (unpaired) electrons. The Kier molecular flexibility index (Phi) is 4.03. The molecular formula is C18H26N2O. The maximum Gasteiger partial charge on any atom is 0.237 e. The summed E-state index contributed by atoms with van der Waals surface area (Å²) in [6.45, 7) is 6.07. The van der Waals surface area contributed by atoms with Gasteiger partial charge in [-0.15, -0.1) is 0 Å². The number of hydrogen-bond donors (Lipinski definition) is 2. The lowest BCUT2D eigenvalue weighted by Crippen LogP contribution is -2.47. The molecule has 1 aliphatic carbocycles. The number of carbonyl (C=O) groups excluding carboxylic acids is 1. The largest absolute Gasteiger partial charge is 0.354 e. The Balaban J connectivity index is 1.58. The van der Waals surface area contributed by atoms with E-state index in [0.717, 1.165) is 12.5 Å². The maximum atomic E-state index is 12.5. The molecule has 21 heavy (non-hydrogen) atoms. The van der Waals surface area contributed by atoms with E-state index in [9.17, 15) is 4.79 Å². The third-order valence-corrected chi connectivity index (χ3v) is 5.29. The van der Waals surface area contributed by atoms with E-state index in [0.29, 0.717) is 12.5 Å². The van der Waals surface area contributed by atoms with Gasteiger partial charge < -0.3 is 10.6 Å². The van der Waals surface area contributed by atoms with Crippen molar-refractivity contribution in [3.8, 4) is 0 Å². The van der Waals surface area contributed by atoms with Crippen molar-refractivity contribution in [1.29, 1.82) is 0 Å². The molecule has 2 N–H and O–H groups in total. The van der Waals surface area contributed by atoms with Crippen molar-refractivity contribution in [2.75, 3.05) is 13.1 Å². The van der Waals surface area contributed by atoms with E-state index in [1.54, 1.807) is 0 Å². The highest BCUT2D eigenvalue weighted by Crippen LogP contribution is 2.37. The summed E-state index contributed by atoms with van der Waals surface area (Å²) in [6, 6.07) is 10.4. The van der Waals surface area contributed by atoms with Crippen molar-refractivity contribution in [3.63, 3.8) is 0 Å². The smallest absolute Gasteiger partial charge is 0.237 e. The molecular weight excluding hydrogens is 260 g/mol. The average molecular weight is 286 g/mol. The van der Waals surface area contributed by atoms with Crippen LogP contribution < -0.4 is 10.6 Å². The summed E-state index contributed by atoms with van der Waals surface area (Å²) in [7, 11) is 0. The molecule has 1 amide bonds. The first-order valence-electron chi connectivity index (χ1n) is 8.14. The lowest BCUT2D eigenvalue weighted by Gasteiger charge is -2.27. The first-order valence-corrected chi connectivity index (χ1v) is 8.14. The zero-order valence-electron chi connectivity index (χ0n) is 13.1. The highest BCUT2D eigenvalue weighted by Gasteiger charge is 2.42. The molecule has 1 aromatic rings. The Hall–Kier alpha value is -1.35. The summed E-state index contributed by atoms with van der Waals surface area (Å²) in [5.41, 5.74) is 1.23. The fourth-order valence-corrected chi connectivity index (χ4v) is 3.88. The molecule has 1 heterocycles. The van der Waals surface area contributed by atoms with Gasteiger partial charge in [-0.3, -0.25) is 4.79 Å². The van der Waals surface area contributed by atoms with Gasteiger partial charge in [0.25, 0.3) is 0 Å². The van der Waals surface area contributed by atoms with E-state index in [4.69, 9.17) is 0 Å². The molecule has 3 atom stereocenters. The molecule has 0 spiro atoms. The van der Waals surface area contributed by atoms with E-state index in [1.807, 2.05) is 6.07 Å². The molecule has 3 nitrogen and oxygen atoms in total. The van der Waals surface area contributed by atoms with Crippen molar-refractivity contribution in [2.45, 2.75) is 44.6 Å². The van der Waals surface area contributed by atoms with Crippen molar-refractivity contribution in [1.82, 2.24) is 10.6 Å². The monoisotopic (exact) mass is 286 g/mol. The van der Waals surface area contributed by atoms with E-state index >= 15 is 0 Å². The minimum absolute atomic E-state index is 0.0315. The van der Waals surface area contributed by atoms with Crippen LogP contribution in [-0.4, -0.2) is 25.0 Å². The van der Waals surface area contributed by atoms with Gasteiger partial charge in [-0.05, 0) is 36.8 Å². The van der Waals surface area contributed by atoms with E-state index in [-0.39, 0.29) is 17.4 Å². The molecule has 0 bridgehead atoms. The van der Waals surface area contributed by atoms with Crippen LogP contribution in [0.1, 0.15) is 38.7 Å². The van der Waals surface area contributed by atoms with Crippen LogP contribution >= 0.6 is 0 Å². The second-order valence-corrected chi connectivity index (χ2v) is 7.21. The highest BCUT2D eigenvalue weighted by atomic mass is 16.2. The summed E-state index contributed by atoms with van der Waals surface area (Å²) in [5, 5.41) is 6.60. The van der Waals surface area contributed by atoms with Crippen LogP contribution in [0.15, 0.2) is 30.3 Å². The highest BCUT2D eigenvalue weighted by molar-refractivity contribution is 5.82. The van der Waals surface area contributed by atoms with Gasteiger partial charge in [0, 0.05) is 12.0 Å². The van der Waals surface area contributed by atoms with Crippen LogP contribution in [0.25, 0.3) is 0 Å². The number of fused-ring (bicyclic) bond motifs is 1. The van der Waals surface area contributed by atoms with Crippen molar-refractivity contribution < 1.29 is 4.79 Å². The zero-order chi connectivity index (χ0) is 14.9. The SMILES string of the molecule is CC(C)(CNC(=O)C1NCC2CCCC21)c1ccccc1. The Morgan fingerprint density at radius 3 is 2.81 bits per heavy atom. The number of hydrogen-bond acceptors (Lipinski definition) is 2. The van der Waals surface area contributed by atoms with Gasteiger partial charge in [0.15, 0.2) is 0 Å². The molecule has 3 rings (SSSR count). The lowest BCUT2D eigenvalue weighted by molar-refractivity contribution is -0.124. The number of rotatable bonds is 4. The molecule has 3 heteroatoms. The van der Waals surface area contributed by atoms with Gasteiger partial charge in [0.05, 0.1) is 6.04 Å². The predicted molar refractivity (Wildman–Crippen MR) is 85.1 cm³/mol. The molecule has 114 valence electrons. The maximum absolute atomic E-state index is 12.5. The second-order valence-electron chi connectivity index (χ2n) is 7.21. The molecule has 2 aliphatic rings. The minimum atomic E-state index is -0.0371. The predicted octanol–water partition coefficient (Wildman–Crippen LogP) is 2.47. The van der Waals surface area contributed by atoms with Gasteiger partial charge in [-0.25, -0.2) is 0 Å². The number of carbonyl (C=O) groups is 1. The number of benzene rings is 1. The van der Waals surface area contributed by atoms with Crippen molar-refractivity contribution >= 4 is 5.91 Å². The van der Waals surface area contributed by atoms with Gasteiger partial charge in [-0.2, -0.15) is 0 Å². The van der Waals surface area contributed by atoms with Crippen LogP contribution in [0.4, 0.5) is 0 Å². The Labute approximate surface area is 127 Å². The van der Waals surface area contributed by atoms with Gasteiger partial charge in [0.2, 0.25) is 5.91 Å². The third-order valence-electron chi connectivity index (χ3n) is 5.29. The van der Waals surface area contributed by atoms with Gasteiger partial charge in [-0.1, -0.05) is 50.6 Å². The molecule has 2 fully saturated rings. The molecule has 1 aliphatic heterocycles. The number of nitrogens with one attached hydrogen (secondary N) is 2. The van der Waals surface area contributed by atoms with Crippen LogP contribution in [0.2, 0.25) is 0 Å². The molecule has 0 aromatic heterocycles. The van der Waals surface area contributed by atoms with Crippen LogP contribution in [0, 0.1) is 11.8 Å². The fraction of sp³-hybridized carbons (Fsp3) is 0.611. The summed E-state index contributed by atoms with van der Waals surface area (Å²) in [4.78, 5) is 12.5. The second kappa shape index (κ2) is 5.80. The summed E-state index contributed by atoms with van der Waals surface area (Å²) >= 11 is 0. The van der Waals surface area contributed by atoms with E-state index in [2.05, 4.69) is 48.7 Å².